The first-order valence-corrected chi connectivity index (χ1v) is 7.04. The number of rotatable bonds is 7. The number of nitrogens with one attached hydrogen (secondary N) is 1. The maximum atomic E-state index is 4.20. The average Bonchev–Trinajstić information content (AvgIpc) is 2.47. The number of hydrogen-bond donors (Lipinski definition) is 1. The highest BCUT2D eigenvalue weighted by Gasteiger charge is 2.09. The molecule has 0 aliphatic rings. The van der Waals surface area contributed by atoms with E-state index < -0.39 is 0 Å². The van der Waals surface area contributed by atoms with E-state index in [4.69, 9.17) is 0 Å². The fourth-order valence-corrected chi connectivity index (χ4v) is 2.27. The molecule has 0 bridgehead atoms. The number of pyridine rings is 1. The first-order valence-electron chi connectivity index (χ1n) is 7.04. The minimum atomic E-state index is 0.478. The third-order valence-electron chi connectivity index (χ3n) is 3.21. The van der Waals surface area contributed by atoms with Crippen LogP contribution in [0.5, 0.6) is 0 Å². The lowest BCUT2D eigenvalue weighted by Crippen LogP contribution is -2.33. The molecule has 2 heteroatoms. The molecule has 2 rings (SSSR count). The molecule has 1 aromatic heterocycles. The van der Waals surface area contributed by atoms with Gasteiger partial charge in [0.25, 0.3) is 0 Å². The molecule has 1 aromatic carbocycles. The summed E-state index contributed by atoms with van der Waals surface area (Å²) in [5.74, 6) is 0. The Morgan fingerprint density at radius 3 is 2.42 bits per heavy atom. The molecule has 0 radical (unpaired) electrons. The van der Waals surface area contributed by atoms with Gasteiger partial charge < -0.3 is 5.32 Å². The molecule has 1 atom stereocenters. The molecule has 2 nitrogen and oxygen atoms in total. The van der Waals surface area contributed by atoms with Crippen molar-refractivity contribution in [3.05, 3.63) is 66.0 Å². The molecule has 0 aliphatic heterocycles. The minimum absolute atomic E-state index is 0.478. The van der Waals surface area contributed by atoms with Gasteiger partial charge in [-0.25, -0.2) is 0 Å². The lowest BCUT2D eigenvalue weighted by molar-refractivity contribution is 0.504. The van der Waals surface area contributed by atoms with Crippen molar-refractivity contribution in [2.75, 3.05) is 6.54 Å². The molecule has 1 unspecified atom stereocenters. The highest BCUT2D eigenvalue weighted by molar-refractivity contribution is 5.17. The molecule has 0 saturated carbocycles. The molecule has 0 aliphatic carbocycles. The largest absolute Gasteiger partial charge is 0.313 e. The van der Waals surface area contributed by atoms with Crippen LogP contribution in [0.2, 0.25) is 0 Å². The second kappa shape index (κ2) is 7.70. The Labute approximate surface area is 115 Å². The third kappa shape index (κ3) is 4.84. The van der Waals surface area contributed by atoms with Crippen LogP contribution in [0.3, 0.4) is 0 Å². The molecule has 19 heavy (non-hydrogen) atoms. The van der Waals surface area contributed by atoms with Crippen LogP contribution in [0, 0.1) is 0 Å². The summed E-state index contributed by atoms with van der Waals surface area (Å²) in [4.78, 5) is 4.20. The molecule has 2 aromatic rings. The number of aromatic nitrogens is 1. The molecule has 0 fully saturated rings. The van der Waals surface area contributed by atoms with Gasteiger partial charge in [-0.05, 0) is 43.0 Å². The molecule has 0 amide bonds. The van der Waals surface area contributed by atoms with Gasteiger partial charge in [0.2, 0.25) is 0 Å². The van der Waals surface area contributed by atoms with Crippen molar-refractivity contribution < 1.29 is 0 Å². The third-order valence-corrected chi connectivity index (χ3v) is 3.21. The van der Waals surface area contributed by atoms with E-state index in [-0.39, 0.29) is 0 Å². The molecule has 0 saturated heterocycles. The Hall–Kier alpha value is -1.67. The highest BCUT2D eigenvalue weighted by atomic mass is 14.9. The zero-order valence-corrected chi connectivity index (χ0v) is 11.5. The van der Waals surface area contributed by atoms with Gasteiger partial charge in [-0.3, -0.25) is 4.98 Å². The normalized spacial score (nSPS) is 12.3. The summed E-state index contributed by atoms with van der Waals surface area (Å²) in [7, 11) is 0. The fraction of sp³-hybridized carbons (Fsp3) is 0.353. The van der Waals surface area contributed by atoms with Crippen molar-refractivity contribution in [1.82, 2.24) is 10.3 Å². The van der Waals surface area contributed by atoms with Crippen LogP contribution in [-0.4, -0.2) is 17.6 Å². The quantitative estimate of drug-likeness (QED) is 0.820. The smallest absolute Gasteiger partial charge is 0.0300 e. The Morgan fingerprint density at radius 2 is 1.74 bits per heavy atom. The van der Waals surface area contributed by atoms with Gasteiger partial charge in [0.15, 0.2) is 0 Å². The van der Waals surface area contributed by atoms with E-state index in [9.17, 15) is 0 Å². The summed E-state index contributed by atoms with van der Waals surface area (Å²) >= 11 is 0. The van der Waals surface area contributed by atoms with Gasteiger partial charge in [0.05, 0.1) is 0 Å². The summed E-state index contributed by atoms with van der Waals surface area (Å²) in [6.07, 6.45) is 7.05. The highest BCUT2D eigenvalue weighted by Crippen LogP contribution is 2.08. The van der Waals surface area contributed by atoms with E-state index in [1.165, 1.54) is 17.5 Å². The van der Waals surface area contributed by atoms with Crippen LogP contribution in [0.15, 0.2) is 54.9 Å². The van der Waals surface area contributed by atoms with E-state index in [1.807, 2.05) is 18.5 Å². The van der Waals surface area contributed by atoms with E-state index in [0.717, 1.165) is 19.4 Å². The van der Waals surface area contributed by atoms with Crippen molar-refractivity contribution in [1.29, 1.82) is 0 Å². The topological polar surface area (TPSA) is 24.9 Å². The molecule has 1 N–H and O–H groups in total. The molecular formula is C17H22N2. The van der Waals surface area contributed by atoms with E-state index >= 15 is 0 Å². The van der Waals surface area contributed by atoms with Crippen LogP contribution < -0.4 is 5.32 Å². The van der Waals surface area contributed by atoms with Crippen molar-refractivity contribution in [2.24, 2.45) is 0 Å². The summed E-state index contributed by atoms with van der Waals surface area (Å²) in [6, 6.07) is 15.3. The SMILES string of the molecule is CCCNC(Cc1ccccc1)Cc1cccnc1. The zero-order chi connectivity index (χ0) is 13.3. The molecule has 0 spiro atoms. The number of benzene rings is 1. The standard InChI is InChI=1S/C17H22N2/c1-2-10-19-17(12-15-7-4-3-5-8-15)13-16-9-6-11-18-14-16/h3-9,11,14,17,19H,2,10,12-13H2,1H3. The van der Waals surface area contributed by atoms with Crippen LogP contribution in [0.4, 0.5) is 0 Å². The monoisotopic (exact) mass is 254 g/mol. The Morgan fingerprint density at radius 1 is 1.00 bits per heavy atom. The zero-order valence-electron chi connectivity index (χ0n) is 11.5. The number of hydrogen-bond acceptors (Lipinski definition) is 2. The van der Waals surface area contributed by atoms with Gasteiger partial charge >= 0.3 is 0 Å². The predicted molar refractivity (Wildman–Crippen MR) is 80.2 cm³/mol. The Balaban J connectivity index is 1.99. The van der Waals surface area contributed by atoms with Crippen LogP contribution >= 0.6 is 0 Å². The fourth-order valence-electron chi connectivity index (χ4n) is 2.27. The lowest BCUT2D eigenvalue weighted by Gasteiger charge is -2.18. The van der Waals surface area contributed by atoms with Crippen LogP contribution in [-0.2, 0) is 12.8 Å². The summed E-state index contributed by atoms with van der Waals surface area (Å²) < 4.78 is 0. The van der Waals surface area contributed by atoms with Gasteiger partial charge in [-0.15, -0.1) is 0 Å². The van der Waals surface area contributed by atoms with Crippen LogP contribution in [0.25, 0.3) is 0 Å². The average molecular weight is 254 g/mol. The predicted octanol–water partition coefficient (Wildman–Crippen LogP) is 3.24. The summed E-state index contributed by atoms with van der Waals surface area (Å²) in [5.41, 5.74) is 2.69. The molecule has 100 valence electrons. The second-order valence-corrected chi connectivity index (χ2v) is 4.91. The van der Waals surface area contributed by atoms with Crippen molar-refractivity contribution >= 4 is 0 Å². The number of nitrogens with zero attached hydrogens (tertiary/aromatic N) is 1. The van der Waals surface area contributed by atoms with E-state index in [2.05, 4.69) is 53.6 Å². The maximum Gasteiger partial charge on any atom is 0.0300 e. The van der Waals surface area contributed by atoms with Gasteiger partial charge in [-0.1, -0.05) is 43.3 Å². The minimum Gasteiger partial charge on any atom is -0.313 e. The summed E-state index contributed by atoms with van der Waals surface area (Å²) in [5, 5.41) is 3.64. The van der Waals surface area contributed by atoms with Crippen molar-refractivity contribution in [2.45, 2.75) is 32.2 Å². The van der Waals surface area contributed by atoms with Gasteiger partial charge in [-0.2, -0.15) is 0 Å². The van der Waals surface area contributed by atoms with E-state index in [0.29, 0.717) is 6.04 Å². The van der Waals surface area contributed by atoms with Gasteiger partial charge in [0, 0.05) is 18.4 Å². The maximum absolute atomic E-state index is 4.20. The lowest BCUT2D eigenvalue weighted by atomic mass is 10.00. The first-order chi connectivity index (χ1) is 9.38. The van der Waals surface area contributed by atoms with E-state index in [1.54, 1.807) is 0 Å². The van der Waals surface area contributed by atoms with Crippen molar-refractivity contribution in [3.8, 4) is 0 Å². The Bertz CT molecular complexity index is 412. The molecular weight excluding hydrogens is 232 g/mol. The Kier molecular flexibility index (Phi) is 5.57. The second-order valence-electron chi connectivity index (χ2n) is 4.91. The molecule has 1 heterocycles. The van der Waals surface area contributed by atoms with Crippen molar-refractivity contribution in [3.63, 3.8) is 0 Å². The first kappa shape index (κ1) is 13.8. The van der Waals surface area contributed by atoms with Gasteiger partial charge in [0.1, 0.15) is 0 Å². The van der Waals surface area contributed by atoms with Crippen LogP contribution in [0.1, 0.15) is 24.5 Å². The summed E-state index contributed by atoms with van der Waals surface area (Å²) in [6.45, 7) is 3.27.